The minimum atomic E-state index is 0.118. The molecule has 1 fully saturated rings. The molecule has 0 bridgehead atoms. The van der Waals surface area contributed by atoms with Crippen molar-refractivity contribution < 1.29 is 4.79 Å². The van der Waals surface area contributed by atoms with Crippen molar-refractivity contribution in [2.24, 2.45) is 5.92 Å². The highest BCUT2D eigenvalue weighted by atomic mass is 16.1. The summed E-state index contributed by atoms with van der Waals surface area (Å²) in [6.07, 6.45) is 5.08. The van der Waals surface area contributed by atoms with Crippen molar-refractivity contribution in [2.75, 3.05) is 13.1 Å². The molecule has 1 aliphatic rings. The van der Waals surface area contributed by atoms with Gasteiger partial charge in [-0.2, -0.15) is 0 Å². The van der Waals surface area contributed by atoms with Crippen molar-refractivity contribution in [1.82, 2.24) is 10.6 Å². The van der Waals surface area contributed by atoms with Gasteiger partial charge in [0.2, 0.25) is 5.91 Å². The molecule has 14 heavy (non-hydrogen) atoms. The van der Waals surface area contributed by atoms with Crippen molar-refractivity contribution in [2.45, 2.75) is 45.6 Å². The molecular formula is C11H22N2O. The lowest BCUT2D eigenvalue weighted by molar-refractivity contribution is -0.120. The molecule has 2 N–H and O–H groups in total. The van der Waals surface area contributed by atoms with Gasteiger partial charge in [0, 0.05) is 12.6 Å². The van der Waals surface area contributed by atoms with Crippen LogP contribution in [-0.2, 0) is 4.79 Å². The Labute approximate surface area is 86.6 Å². The molecular weight excluding hydrogens is 176 g/mol. The molecule has 0 saturated heterocycles. The Morgan fingerprint density at radius 3 is 2.71 bits per heavy atom. The number of carbonyl (C=O) groups excluding carboxylic acids is 1. The van der Waals surface area contributed by atoms with Gasteiger partial charge >= 0.3 is 0 Å². The largest absolute Gasteiger partial charge is 0.355 e. The maximum Gasteiger partial charge on any atom is 0.233 e. The summed E-state index contributed by atoms with van der Waals surface area (Å²) in [7, 11) is 0. The number of amides is 1. The van der Waals surface area contributed by atoms with Gasteiger partial charge in [0.05, 0.1) is 6.54 Å². The molecule has 1 saturated carbocycles. The average Bonchev–Trinajstić information content (AvgIpc) is 2.63. The Bertz CT molecular complexity index is 182. The Morgan fingerprint density at radius 2 is 2.14 bits per heavy atom. The summed E-state index contributed by atoms with van der Waals surface area (Å²) in [5, 5.41) is 6.11. The average molecular weight is 198 g/mol. The lowest BCUT2D eigenvalue weighted by atomic mass is 10.1. The molecule has 3 heteroatoms. The highest BCUT2D eigenvalue weighted by Gasteiger charge is 2.22. The van der Waals surface area contributed by atoms with Gasteiger partial charge in [0.1, 0.15) is 0 Å². The second-order valence-electron chi connectivity index (χ2n) is 4.12. The zero-order valence-corrected chi connectivity index (χ0v) is 9.31. The number of carbonyl (C=O) groups is 1. The van der Waals surface area contributed by atoms with E-state index in [1.165, 1.54) is 25.7 Å². The molecule has 0 aromatic heterocycles. The predicted molar refractivity (Wildman–Crippen MR) is 58.1 cm³/mol. The first-order chi connectivity index (χ1) is 6.76. The van der Waals surface area contributed by atoms with E-state index in [2.05, 4.69) is 17.6 Å². The van der Waals surface area contributed by atoms with Crippen LogP contribution in [-0.4, -0.2) is 25.0 Å². The summed E-state index contributed by atoms with van der Waals surface area (Å²) in [6, 6.07) is 0.572. The Kier molecular flexibility index (Phi) is 4.94. The molecule has 2 atom stereocenters. The second-order valence-corrected chi connectivity index (χ2v) is 4.12. The molecule has 0 spiro atoms. The van der Waals surface area contributed by atoms with Crippen LogP contribution in [0.15, 0.2) is 0 Å². The fourth-order valence-electron chi connectivity index (χ4n) is 2.13. The zero-order chi connectivity index (χ0) is 10.4. The van der Waals surface area contributed by atoms with Crippen molar-refractivity contribution in [1.29, 1.82) is 0 Å². The van der Waals surface area contributed by atoms with E-state index >= 15 is 0 Å². The Balaban J connectivity index is 2.11. The van der Waals surface area contributed by atoms with Crippen molar-refractivity contribution in [3.63, 3.8) is 0 Å². The third kappa shape index (κ3) is 3.66. The Morgan fingerprint density at radius 1 is 1.36 bits per heavy atom. The highest BCUT2D eigenvalue weighted by molar-refractivity contribution is 5.77. The van der Waals surface area contributed by atoms with E-state index in [4.69, 9.17) is 0 Å². The van der Waals surface area contributed by atoms with Crippen LogP contribution in [0.2, 0.25) is 0 Å². The van der Waals surface area contributed by atoms with Crippen LogP contribution in [0.5, 0.6) is 0 Å². The summed E-state index contributed by atoms with van der Waals surface area (Å²) in [5.74, 6) is 0.995. The number of nitrogens with one attached hydrogen (secondary N) is 2. The topological polar surface area (TPSA) is 41.1 Å². The van der Waals surface area contributed by atoms with E-state index in [0.29, 0.717) is 12.6 Å². The van der Waals surface area contributed by atoms with Gasteiger partial charge in [-0.15, -0.1) is 0 Å². The van der Waals surface area contributed by atoms with Gasteiger partial charge in [0.15, 0.2) is 0 Å². The highest BCUT2D eigenvalue weighted by Crippen LogP contribution is 2.27. The molecule has 0 heterocycles. The van der Waals surface area contributed by atoms with Crippen molar-refractivity contribution >= 4 is 5.91 Å². The minimum absolute atomic E-state index is 0.118. The second kappa shape index (κ2) is 6.02. The number of hydrogen-bond acceptors (Lipinski definition) is 2. The third-order valence-electron chi connectivity index (χ3n) is 3.04. The Hall–Kier alpha value is -0.570. The quantitative estimate of drug-likeness (QED) is 0.699. The monoisotopic (exact) mass is 198 g/mol. The van der Waals surface area contributed by atoms with E-state index in [0.717, 1.165) is 12.5 Å². The summed E-state index contributed by atoms with van der Waals surface area (Å²) in [4.78, 5) is 11.2. The van der Waals surface area contributed by atoms with Crippen LogP contribution >= 0.6 is 0 Å². The summed E-state index contributed by atoms with van der Waals surface area (Å²) in [5.41, 5.74) is 0. The van der Waals surface area contributed by atoms with E-state index in [1.807, 2.05) is 6.92 Å². The smallest absolute Gasteiger partial charge is 0.233 e. The molecule has 2 unspecified atom stereocenters. The zero-order valence-electron chi connectivity index (χ0n) is 9.31. The summed E-state index contributed by atoms with van der Waals surface area (Å²) in [6.45, 7) is 5.40. The van der Waals surface area contributed by atoms with Gasteiger partial charge in [-0.3, -0.25) is 4.79 Å². The maximum absolute atomic E-state index is 11.2. The number of hydrogen-bond donors (Lipinski definition) is 2. The van der Waals surface area contributed by atoms with Gasteiger partial charge in [-0.25, -0.2) is 0 Å². The van der Waals surface area contributed by atoms with E-state index < -0.39 is 0 Å². The molecule has 0 aromatic carbocycles. The standard InChI is InChI=1S/C11H22N2O/c1-3-9-5-6-10(7-9)13-8-11(14)12-4-2/h9-10,13H,3-8H2,1-2H3,(H,12,14). The first kappa shape index (κ1) is 11.5. The summed E-state index contributed by atoms with van der Waals surface area (Å²) < 4.78 is 0. The molecule has 82 valence electrons. The molecule has 1 rings (SSSR count). The van der Waals surface area contributed by atoms with Crippen molar-refractivity contribution in [3.05, 3.63) is 0 Å². The van der Waals surface area contributed by atoms with Crippen LogP contribution in [0.1, 0.15) is 39.5 Å². The number of likely N-dealkylation sites (N-methyl/N-ethyl adjacent to an activating group) is 1. The fourth-order valence-corrected chi connectivity index (χ4v) is 2.13. The predicted octanol–water partition coefficient (Wildman–Crippen LogP) is 1.29. The number of rotatable bonds is 5. The van der Waals surface area contributed by atoms with Gasteiger partial charge in [-0.05, 0) is 32.1 Å². The van der Waals surface area contributed by atoms with Crippen LogP contribution in [0.3, 0.4) is 0 Å². The minimum Gasteiger partial charge on any atom is -0.355 e. The molecule has 1 amide bonds. The third-order valence-corrected chi connectivity index (χ3v) is 3.04. The normalized spacial score (nSPS) is 26.4. The first-order valence-corrected chi connectivity index (χ1v) is 5.76. The van der Waals surface area contributed by atoms with Crippen molar-refractivity contribution in [3.8, 4) is 0 Å². The van der Waals surface area contributed by atoms with Gasteiger partial charge in [0.25, 0.3) is 0 Å². The lowest BCUT2D eigenvalue weighted by Gasteiger charge is -2.12. The summed E-state index contributed by atoms with van der Waals surface area (Å²) >= 11 is 0. The molecule has 0 aromatic rings. The van der Waals surface area contributed by atoms with Crippen LogP contribution < -0.4 is 10.6 Å². The molecule has 1 aliphatic carbocycles. The van der Waals surface area contributed by atoms with Crippen LogP contribution in [0.25, 0.3) is 0 Å². The van der Waals surface area contributed by atoms with Crippen LogP contribution in [0.4, 0.5) is 0 Å². The first-order valence-electron chi connectivity index (χ1n) is 5.76. The molecule has 0 radical (unpaired) electrons. The van der Waals surface area contributed by atoms with Gasteiger partial charge in [-0.1, -0.05) is 13.3 Å². The van der Waals surface area contributed by atoms with E-state index in [1.54, 1.807) is 0 Å². The molecule has 3 nitrogen and oxygen atoms in total. The van der Waals surface area contributed by atoms with E-state index in [-0.39, 0.29) is 5.91 Å². The SMILES string of the molecule is CCNC(=O)CNC1CCC(CC)C1. The maximum atomic E-state index is 11.2. The fraction of sp³-hybridized carbons (Fsp3) is 0.909. The lowest BCUT2D eigenvalue weighted by Crippen LogP contribution is -2.38. The van der Waals surface area contributed by atoms with Gasteiger partial charge < -0.3 is 10.6 Å². The van der Waals surface area contributed by atoms with E-state index in [9.17, 15) is 4.79 Å². The molecule has 0 aliphatic heterocycles. The van der Waals surface area contributed by atoms with Crippen LogP contribution in [0, 0.1) is 5.92 Å².